The first-order valence-electron chi connectivity index (χ1n) is 7.01. The van der Waals surface area contributed by atoms with Gasteiger partial charge in [0.1, 0.15) is 0 Å². The van der Waals surface area contributed by atoms with Gasteiger partial charge in [0.05, 0.1) is 17.2 Å². The Morgan fingerprint density at radius 1 is 1.24 bits per heavy atom. The van der Waals surface area contributed by atoms with E-state index in [1.807, 2.05) is 31.3 Å². The topological polar surface area (TPSA) is 53.9 Å². The van der Waals surface area contributed by atoms with E-state index in [0.717, 1.165) is 35.3 Å². The van der Waals surface area contributed by atoms with Gasteiger partial charge in [-0.15, -0.1) is 11.3 Å². The van der Waals surface area contributed by atoms with Crippen LogP contribution in [-0.2, 0) is 13.1 Å². The van der Waals surface area contributed by atoms with Crippen molar-refractivity contribution >= 4 is 17.3 Å². The zero-order chi connectivity index (χ0) is 15.5. The van der Waals surface area contributed by atoms with Gasteiger partial charge >= 0.3 is 0 Å². The van der Waals surface area contributed by atoms with Crippen LogP contribution >= 0.6 is 11.3 Å². The molecule has 2 aromatic rings. The largest absolute Gasteiger partial charge is 0.338 e. The lowest BCUT2D eigenvalue weighted by molar-refractivity contribution is 0.423. The van der Waals surface area contributed by atoms with Crippen LogP contribution in [-0.4, -0.2) is 27.5 Å². The molecular formula is C15H23N5S. The SMILES string of the molecule is Cc1nc(CN(C)c2ncc(CNC(C)(C)C)cn2)cs1. The van der Waals surface area contributed by atoms with Crippen LogP contribution in [0.15, 0.2) is 17.8 Å². The smallest absolute Gasteiger partial charge is 0.225 e. The summed E-state index contributed by atoms with van der Waals surface area (Å²) in [5.74, 6) is 0.722. The number of nitrogens with one attached hydrogen (secondary N) is 1. The van der Waals surface area contributed by atoms with Crippen molar-refractivity contribution in [3.8, 4) is 0 Å². The van der Waals surface area contributed by atoms with E-state index in [2.05, 4.69) is 46.4 Å². The fraction of sp³-hybridized carbons (Fsp3) is 0.533. The maximum atomic E-state index is 4.46. The molecule has 0 aliphatic heterocycles. The van der Waals surface area contributed by atoms with Crippen LogP contribution in [0.5, 0.6) is 0 Å². The molecule has 0 saturated heterocycles. The number of hydrogen-bond donors (Lipinski definition) is 1. The van der Waals surface area contributed by atoms with Gasteiger partial charge in [-0.05, 0) is 27.7 Å². The first-order chi connectivity index (χ1) is 9.83. The number of nitrogens with zero attached hydrogens (tertiary/aromatic N) is 4. The van der Waals surface area contributed by atoms with Gasteiger partial charge in [-0.2, -0.15) is 0 Å². The molecule has 0 bridgehead atoms. The summed E-state index contributed by atoms with van der Waals surface area (Å²) in [6, 6.07) is 0. The van der Waals surface area contributed by atoms with E-state index < -0.39 is 0 Å². The molecule has 0 saturated carbocycles. The zero-order valence-corrected chi connectivity index (χ0v) is 14.2. The van der Waals surface area contributed by atoms with Crippen LogP contribution in [0, 0.1) is 6.92 Å². The molecule has 2 aromatic heterocycles. The Balaban J connectivity index is 1.94. The number of anilines is 1. The van der Waals surface area contributed by atoms with Crippen molar-refractivity contribution in [1.29, 1.82) is 0 Å². The number of rotatable bonds is 5. The van der Waals surface area contributed by atoms with E-state index in [1.54, 1.807) is 11.3 Å². The average molecular weight is 305 g/mol. The van der Waals surface area contributed by atoms with Crippen molar-refractivity contribution in [2.24, 2.45) is 0 Å². The number of thiazole rings is 1. The molecule has 2 rings (SSSR count). The lowest BCUT2D eigenvalue weighted by Crippen LogP contribution is -2.35. The minimum atomic E-state index is 0.0952. The van der Waals surface area contributed by atoms with Gasteiger partial charge in [-0.1, -0.05) is 0 Å². The first kappa shape index (κ1) is 15.9. The minimum absolute atomic E-state index is 0.0952. The number of aryl methyl sites for hydroxylation is 1. The quantitative estimate of drug-likeness (QED) is 0.920. The maximum Gasteiger partial charge on any atom is 0.225 e. The standard InChI is InChI=1S/C15H23N5S/c1-11-19-13(10-21-11)9-20(5)14-16-6-12(7-17-14)8-18-15(2,3)4/h6-7,10,18H,8-9H2,1-5H3. The third-order valence-electron chi connectivity index (χ3n) is 2.92. The second kappa shape index (κ2) is 6.49. The highest BCUT2D eigenvalue weighted by molar-refractivity contribution is 7.09. The molecule has 21 heavy (non-hydrogen) atoms. The maximum absolute atomic E-state index is 4.46. The van der Waals surface area contributed by atoms with Gasteiger partial charge in [0.25, 0.3) is 0 Å². The Bertz CT molecular complexity index is 570. The van der Waals surface area contributed by atoms with Crippen molar-refractivity contribution in [2.75, 3.05) is 11.9 Å². The third-order valence-corrected chi connectivity index (χ3v) is 3.74. The van der Waals surface area contributed by atoms with E-state index in [-0.39, 0.29) is 5.54 Å². The first-order valence-corrected chi connectivity index (χ1v) is 7.89. The molecule has 6 heteroatoms. The molecule has 0 atom stereocenters. The van der Waals surface area contributed by atoms with Gasteiger partial charge in [0.15, 0.2) is 0 Å². The van der Waals surface area contributed by atoms with Crippen molar-refractivity contribution in [3.63, 3.8) is 0 Å². The highest BCUT2D eigenvalue weighted by Crippen LogP contribution is 2.13. The van der Waals surface area contributed by atoms with E-state index in [1.165, 1.54) is 0 Å². The van der Waals surface area contributed by atoms with E-state index >= 15 is 0 Å². The highest BCUT2D eigenvalue weighted by atomic mass is 32.1. The van der Waals surface area contributed by atoms with Crippen molar-refractivity contribution in [3.05, 3.63) is 34.0 Å². The van der Waals surface area contributed by atoms with Crippen molar-refractivity contribution < 1.29 is 0 Å². The normalized spacial score (nSPS) is 11.7. The summed E-state index contributed by atoms with van der Waals surface area (Å²) in [5.41, 5.74) is 2.24. The van der Waals surface area contributed by atoms with Crippen molar-refractivity contribution in [1.82, 2.24) is 20.3 Å². The Kier molecular flexibility index (Phi) is 4.90. The molecule has 0 amide bonds. The van der Waals surface area contributed by atoms with Crippen LogP contribution in [0.25, 0.3) is 0 Å². The average Bonchev–Trinajstić information content (AvgIpc) is 2.81. The Hall–Kier alpha value is -1.53. The Labute approximate surface area is 130 Å². The summed E-state index contributed by atoms with van der Waals surface area (Å²) in [5, 5.41) is 6.59. The molecule has 0 radical (unpaired) electrons. The van der Waals surface area contributed by atoms with Crippen LogP contribution in [0.1, 0.15) is 37.0 Å². The van der Waals surface area contributed by atoms with Gasteiger partial charge in [0, 0.05) is 42.5 Å². The van der Waals surface area contributed by atoms with Crippen molar-refractivity contribution in [2.45, 2.75) is 46.3 Å². The van der Waals surface area contributed by atoms with E-state index in [4.69, 9.17) is 0 Å². The van der Waals surface area contributed by atoms with Crippen LogP contribution in [0.2, 0.25) is 0 Å². The fourth-order valence-electron chi connectivity index (χ4n) is 1.80. The van der Waals surface area contributed by atoms with Gasteiger partial charge < -0.3 is 10.2 Å². The molecule has 0 fully saturated rings. The highest BCUT2D eigenvalue weighted by Gasteiger charge is 2.10. The van der Waals surface area contributed by atoms with Gasteiger partial charge in [-0.3, -0.25) is 0 Å². The molecule has 0 spiro atoms. The van der Waals surface area contributed by atoms with E-state index in [9.17, 15) is 0 Å². The second-order valence-electron chi connectivity index (χ2n) is 6.21. The Morgan fingerprint density at radius 3 is 2.43 bits per heavy atom. The molecule has 0 unspecified atom stereocenters. The summed E-state index contributed by atoms with van der Waals surface area (Å²) in [4.78, 5) is 15.3. The predicted molar refractivity (Wildman–Crippen MR) is 87.6 cm³/mol. The molecule has 0 aromatic carbocycles. The summed E-state index contributed by atoms with van der Waals surface area (Å²) in [7, 11) is 1.98. The number of aromatic nitrogens is 3. The summed E-state index contributed by atoms with van der Waals surface area (Å²) in [6.07, 6.45) is 3.76. The lowest BCUT2D eigenvalue weighted by atomic mass is 10.1. The molecule has 1 N–H and O–H groups in total. The molecule has 5 nitrogen and oxygen atoms in total. The summed E-state index contributed by atoms with van der Waals surface area (Å²) < 4.78 is 0. The summed E-state index contributed by atoms with van der Waals surface area (Å²) >= 11 is 1.67. The number of hydrogen-bond acceptors (Lipinski definition) is 6. The molecule has 2 heterocycles. The molecule has 0 aliphatic carbocycles. The van der Waals surface area contributed by atoms with Crippen LogP contribution in [0.4, 0.5) is 5.95 Å². The summed E-state index contributed by atoms with van der Waals surface area (Å²) in [6.45, 7) is 9.95. The third kappa shape index (κ3) is 5.06. The predicted octanol–water partition coefficient (Wildman–Crippen LogP) is 2.77. The van der Waals surface area contributed by atoms with Gasteiger partial charge in [0.2, 0.25) is 5.95 Å². The van der Waals surface area contributed by atoms with E-state index in [0.29, 0.717) is 0 Å². The minimum Gasteiger partial charge on any atom is -0.338 e. The molecule has 114 valence electrons. The fourth-order valence-corrected chi connectivity index (χ4v) is 2.40. The zero-order valence-electron chi connectivity index (χ0n) is 13.3. The van der Waals surface area contributed by atoms with Gasteiger partial charge in [-0.25, -0.2) is 15.0 Å². The second-order valence-corrected chi connectivity index (χ2v) is 7.27. The molecular weight excluding hydrogens is 282 g/mol. The molecule has 0 aliphatic rings. The van der Waals surface area contributed by atoms with Crippen LogP contribution < -0.4 is 10.2 Å². The van der Waals surface area contributed by atoms with Crippen LogP contribution in [0.3, 0.4) is 0 Å². The lowest BCUT2D eigenvalue weighted by Gasteiger charge is -2.20. The Morgan fingerprint density at radius 2 is 1.90 bits per heavy atom. The monoisotopic (exact) mass is 305 g/mol.